The van der Waals surface area contributed by atoms with Gasteiger partial charge in [0.1, 0.15) is 0 Å². The van der Waals surface area contributed by atoms with Crippen molar-refractivity contribution in [1.82, 2.24) is 0 Å². The third-order valence-electron chi connectivity index (χ3n) is 4.73. The van der Waals surface area contributed by atoms with Crippen molar-refractivity contribution in [1.29, 1.82) is 0 Å². The largest absolute Gasteiger partial charge is 0.398 e. The molecule has 1 nitrogen and oxygen atoms in total. The van der Waals surface area contributed by atoms with Crippen LogP contribution in [0.25, 0.3) is 33.4 Å². The lowest BCUT2D eigenvalue weighted by Gasteiger charge is -2.15. The van der Waals surface area contributed by atoms with Gasteiger partial charge in [-0.15, -0.1) is 0 Å². The van der Waals surface area contributed by atoms with Gasteiger partial charge in [-0.25, -0.2) is 0 Å². The van der Waals surface area contributed by atoms with Crippen LogP contribution >= 0.6 is 0 Å². The first-order chi connectivity index (χ1) is 12.7. The van der Waals surface area contributed by atoms with Crippen molar-refractivity contribution in [3.63, 3.8) is 0 Å². The average Bonchev–Trinajstić information content (AvgIpc) is 2.70. The van der Waals surface area contributed by atoms with Crippen LogP contribution in [0.1, 0.15) is 5.56 Å². The highest BCUT2D eigenvalue weighted by atomic mass is 14.6. The first-order valence-electron chi connectivity index (χ1n) is 8.84. The summed E-state index contributed by atoms with van der Waals surface area (Å²) in [6.07, 6.45) is 0. The van der Waals surface area contributed by atoms with E-state index in [1.54, 1.807) is 0 Å². The molecule has 0 bridgehead atoms. The molecule has 0 atom stereocenters. The van der Waals surface area contributed by atoms with Crippen LogP contribution in [-0.4, -0.2) is 0 Å². The van der Waals surface area contributed by atoms with Gasteiger partial charge in [0.2, 0.25) is 0 Å². The molecule has 4 rings (SSSR count). The van der Waals surface area contributed by atoms with E-state index >= 15 is 0 Å². The van der Waals surface area contributed by atoms with E-state index in [0.29, 0.717) is 0 Å². The zero-order valence-electron chi connectivity index (χ0n) is 14.8. The van der Waals surface area contributed by atoms with E-state index in [1.165, 1.54) is 16.7 Å². The molecule has 0 saturated carbocycles. The molecule has 4 aromatic rings. The summed E-state index contributed by atoms with van der Waals surface area (Å²) in [5, 5.41) is 0. The number of nitrogen functional groups attached to an aromatic ring is 1. The van der Waals surface area contributed by atoms with Gasteiger partial charge in [0.05, 0.1) is 0 Å². The fourth-order valence-corrected chi connectivity index (χ4v) is 3.28. The summed E-state index contributed by atoms with van der Waals surface area (Å²) in [7, 11) is 0. The maximum Gasteiger partial charge on any atom is 0.0473 e. The van der Waals surface area contributed by atoms with Crippen molar-refractivity contribution in [3.05, 3.63) is 103 Å². The van der Waals surface area contributed by atoms with Gasteiger partial charge in [-0.3, -0.25) is 0 Å². The first kappa shape index (κ1) is 16.2. The molecule has 0 aliphatic rings. The summed E-state index contributed by atoms with van der Waals surface area (Å²) in [5.74, 6) is 0. The Kier molecular flexibility index (Phi) is 4.28. The maximum absolute atomic E-state index is 6.63. The summed E-state index contributed by atoms with van der Waals surface area (Å²) in [6, 6.07) is 33.7. The van der Waals surface area contributed by atoms with Crippen LogP contribution < -0.4 is 5.73 Å². The molecule has 0 amide bonds. The molecular formula is C25H21N. The summed E-state index contributed by atoms with van der Waals surface area (Å²) in [4.78, 5) is 0. The van der Waals surface area contributed by atoms with E-state index < -0.39 is 0 Å². The Morgan fingerprint density at radius 1 is 0.500 bits per heavy atom. The normalized spacial score (nSPS) is 10.7. The minimum atomic E-state index is 0.819. The second kappa shape index (κ2) is 6.89. The van der Waals surface area contributed by atoms with Gasteiger partial charge in [0, 0.05) is 16.8 Å². The monoisotopic (exact) mass is 335 g/mol. The predicted octanol–water partition coefficient (Wildman–Crippen LogP) is 6.58. The fraction of sp³-hybridized carbons (Fsp3) is 0.0400. The standard InChI is InChI=1S/C25H21N/c1-18-12-14-21(15-13-18)24-17-22(19-8-4-2-5-9-19)16-23(25(24)26)20-10-6-3-7-11-20/h2-17H,26H2,1H3. The number of rotatable bonds is 3. The molecule has 0 aliphatic heterocycles. The Balaban J connectivity index is 1.97. The van der Waals surface area contributed by atoms with Crippen LogP contribution in [0.5, 0.6) is 0 Å². The molecule has 1 heteroatoms. The number of nitrogens with two attached hydrogens (primary N) is 1. The minimum absolute atomic E-state index is 0.819. The predicted molar refractivity (Wildman–Crippen MR) is 112 cm³/mol. The first-order valence-corrected chi connectivity index (χ1v) is 8.84. The lowest BCUT2D eigenvalue weighted by Crippen LogP contribution is -1.96. The molecule has 2 N–H and O–H groups in total. The Morgan fingerprint density at radius 2 is 0.962 bits per heavy atom. The summed E-state index contributed by atoms with van der Waals surface area (Å²) in [5.41, 5.74) is 15.5. The summed E-state index contributed by atoms with van der Waals surface area (Å²) >= 11 is 0. The van der Waals surface area contributed by atoms with E-state index in [2.05, 4.69) is 91.9 Å². The van der Waals surface area contributed by atoms with Gasteiger partial charge >= 0.3 is 0 Å². The van der Waals surface area contributed by atoms with E-state index in [4.69, 9.17) is 5.73 Å². The van der Waals surface area contributed by atoms with Crippen LogP contribution in [0.15, 0.2) is 97.1 Å². The number of benzene rings is 4. The van der Waals surface area contributed by atoms with Crippen LogP contribution in [0.4, 0.5) is 5.69 Å². The number of hydrogen-bond donors (Lipinski definition) is 1. The number of hydrogen-bond acceptors (Lipinski definition) is 1. The van der Waals surface area contributed by atoms with Crippen LogP contribution in [-0.2, 0) is 0 Å². The van der Waals surface area contributed by atoms with Crippen LogP contribution in [0.2, 0.25) is 0 Å². The Hall–Kier alpha value is -3.32. The molecule has 0 radical (unpaired) electrons. The molecule has 4 aromatic carbocycles. The Bertz CT molecular complexity index is 1020. The topological polar surface area (TPSA) is 26.0 Å². The molecule has 0 unspecified atom stereocenters. The van der Waals surface area contributed by atoms with Crippen molar-refractivity contribution in [2.24, 2.45) is 0 Å². The van der Waals surface area contributed by atoms with Gasteiger partial charge in [0.25, 0.3) is 0 Å². The lowest BCUT2D eigenvalue weighted by molar-refractivity contribution is 1.47. The third kappa shape index (κ3) is 3.12. The van der Waals surface area contributed by atoms with E-state index in [-0.39, 0.29) is 0 Å². The van der Waals surface area contributed by atoms with Crippen molar-refractivity contribution in [2.45, 2.75) is 6.92 Å². The van der Waals surface area contributed by atoms with Crippen molar-refractivity contribution in [2.75, 3.05) is 5.73 Å². The number of anilines is 1. The van der Waals surface area contributed by atoms with Crippen molar-refractivity contribution in [3.8, 4) is 33.4 Å². The van der Waals surface area contributed by atoms with Crippen molar-refractivity contribution >= 4 is 5.69 Å². The Labute approximate surface area is 154 Å². The average molecular weight is 335 g/mol. The van der Waals surface area contributed by atoms with E-state index in [1.807, 2.05) is 12.1 Å². The van der Waals surface area contributed by atoms with Crippen LogP contribution in [0, 0.1) is 6.92 Å². The minimum Gasteiger partial charge on any atom is -0.398 e. The van der Waals surface area contributed by atoms with Gasteiger partial charge < -0.3 is 5.73 Å². The molecule has 0 heterocycles. The zero-order valence-corrected chi connectivity index (χ0v) is 14.8. The smallest absolute Gasteiger partial charge is 0.0473 e. The highest BCUT2D eigenvalue weighted by Gasteiger charge is 2.12. The second-order valence-corrected chi connectivity index (χ2v) is 6.58. The second-order valence-electron chi connectivity index (χ2n) is 6.58. The number of aryl methyl sites for hydroxylation is 1. The molecule has 0 spiro atoms. The lowest BCUT2D eigenvalue weighted by atomic mass is 9.91. The zero-order chi connectivity index (χ0) is 17.9. The molecule has 126 valence electrons. The molecular weight excluding hydrogens is 314 g/mol. The molecule has 0 saturated heterocycles. The van der Waals surface area contributed by atoms with Crippen LogP contribution in [0.3, 0.4) is 0 Å². The van der Waals surface area contributed by atoms with E-state index in [9.17, 15) is 0 Å². The van der Waals surface area contributed by atoms with Crippen molar-refractivity contribution < 1.29 is 0 Å². The van der Waals surface area contributed by atoms with Gasteiger partial charge in [0.15, 0.2) is 0 Å². The third-order valence-corrected chi connectivity index (χ3v) is 4.73. The maximum atomic E-state index is 6.63. The fourth-order valence-electron chi connectivity index (χ4n) is 3.28. The van der Waals surface area contributed by atoms with Gasteiger partial charge in [-0.1, -0.05) is 90.5 Å². The van der Waals surface area contributed by atoms with E-state index in [0.717, 1.165) is 27.9 Å². The SMILES string of the molecule is Cc1ccc(-c2cc(-c3ccccc3)cc(-c3ccccc3)c2N)cc1. The highest BCUT2D eigenvalue weighted by Crippen LogP contribution is 2.39. The molecule has 0 aliphatic carbocycles. The summed E-state index contributed by atoms with van der Waals surface area (Å²) in [6.45, 7) is 2.10. The van der Waals surface area contributed by atoms with Gasteiger partial charge in [-0.2, -0.15) is 0 Å². The Morgan fingerprint density at radius 3 is 1.50 bits per heavy atom. The molecule has 0 fully saturated rings. The molecule has 0 aromatic heterocycles. The summed E-state index contributed by atoms with van der Waals surface area (Å²) < 4.78 is 0. The highest BCUT2D eigenvalue weighted by molar-refractivity contribution is 5.93. The molecule has 26 heavy (non-hydrogen) atoms. The quantitative estimate of drug-likeness (QED) is 0.421. The van der Waals surface area contributed by atoms with Gasteiger partial charge in [-0.05, 0) is 41.3 Å².